The maximum Gasteiger partial charge on any atom is 0.238 e. The van der Waals surface area contributed by atoms with Gasteiger partial charge in [-0.3, -0.25) is 0 Å². The molecule has 0 saturated heterocycles. The first kappa shape index (κ1) is 14.9. The second-order valence-electron chi connectivity index (χ2n) is 4.47. The van der Waals surface area contributed by atoms with E-state index >= 15 is 0 Å². The van der Waals surface area contributed by atoms with Crippen molar-refractivity contribution in [1.82, 2.24) is 15.0 Å². The van der Waals surface area contributed by atoms with E-state index in [1.807, 2.05) is 17.5 Å². The van der Waals surface area contributed by atoms with E-state index in [1.54, 1.807) is 16.8 Å². The van der Waals surface area contributed by atoms with Crippen LogP contribution in [0.5, 0.6) is 0 Å². The monoisotopic (exact) mass is 336 g/mol. The first-order valence-corrected chi connectivity index (χ1v) is 8.66. The van der Waals surface area contributed by atoms with Crippen LogP contribution in [0.3, 0.4) is 0 Å². The lowest BCUT2D eigenvalue weighted by Crippen LogP contribution is -2.12. The number of hydrogen-bond donors (Lipinski definition) is 2. The lowest BCUT2D eigenvalue weighted by Gasteiger charge is -2.06. The minimum Gasteiger partial charge on any atom is -0.390 e. The maximum absolute atomic E-state index is 11.3. The fraction of sp³-hybridized carbons (Fsp3) is 0.0769. The predicted molar refractivity (Wildman–Crippen MR) is 82.0 cm³/mol. The second-order valence-corrected chi connectivity index (χ2v) is 6.98. The lowest BCUT2D eigenvalue weighted by atomic mass is 10.2. The van der Waals surface area contributed by atoms with Crippen molar-refractivity contribution in [2.24, 2.45) is 5.14 Å². The summed E-state index contributed by atoms with van der Waals surface area (Å²) < 4.78 is 24.2. The molecule has 9 heteroatoms. The average molecular weight is 336 g/mol. The maximum atomic E-state index is 11.3. The van der Waals surface area contributed by atoms with Crippen molar-refractivity contribution >= 4 is 21.4 Å². The Hall–Kier alpha value is -2.07. The zero-order chi connectivity index (χ0) is 15.7. The Kier molecular flexibility index (Phi) is 3.79. The van der Waals surface area contributed by atoms with Gasteiger partial charge in [-0.15, -0.1) is 16.4 Å². The molecule has 2 aromatic heterocycles. The third kappa shape index (κ3) is 2.66. The van der Waals surface area contributed by atoms with Crippen LogP contribution in [-0.4, -0.2) is 28.5 Å². The van der Waals surface area contributed by atoms with Crippen LogP contribution in [0, 0.1) is 0 Å². The number of hydrogen-bond acceptors (Lipinski definition) is 6. The number of sulfonamides is 1. The van der Waals surface area contributed by atoms with Crippen LogP contribution in [0.25, 0.3) is 16.3 Å². The average Bonchev–Trinajstić information content (AvgIpc) is 3.15. The summed E-state index contributed by atoms with van der Waals surface area (Å²) in [5.74, 6) is 0. The largest absolute Gasteiger partial charge is 0.390 e. The molecule has 22 heavy (non-hydrogen) atoms. The third-order valence-electron chi connectivity index (χ3n) is 3.05. The molecule has 0 aliphatic carbocycles. The number of nitrogens with two attached hydrogens (primary N) is 1. The number of aromatic nitrogens is 3. The molecule has 0 unspecified atom stereocenters. The van der Waals surface area contributed by atoms with Gasteiger partial charge in [0.15, 0.2) is 0 Å². The van der Waals surface area contributed by atoms with Gasteiger partial charge in [0.2, 0.25) is 10.0 Å². The van der Waals surface area contributed by atoms with Crippen LogP contribution in [0.2, 0.25) is 0 Å². The van der Waals surface area contributed by atoms with Crippen LogP contribution in [0.4, 0.5) is 0 Å². The smallest absolute Gasteiger partial charge is 0.238 e. The van der Waals surface area contributed by atoms with Gasteiger partial charge in [-0.05, 0) is 35.7 Å². The van der Waals surface area contributed by atoms with Crippen molar-refractivity contribution in [3.05, 3.63) is 47.5 Å². The molecule has 3 aromatic rings. The SMILES string of the molecule is NS(=O)(=O)c1ccc(-n2nnc(CO)c2-c2cccs2)cc1. The predicted octanol–water partition coefficient (Wildman–Crippen LogP) is 1.14. The van der Waals surface area contributed by atoms with Gasteiger partial charge in [-0.2, -0.15) is 0 Å². The van der Waals surface area contributed by atoms with E-state index in [2.05, 4.69) is 10.3 Å². The number of aliphatic hydroxyl groups excluding tert-OH is 1. The number of rotatable bonds is 4. The van der Waals surface area contributed by atoms with Crippen molar-refractivity contribution in [2.75, 3.05) is 0 Å². The number of primary sulfonamides is 1. The highest BCUT2D eigenvalue weighted by atomic mass is 32.2. The Balaban J connectivity index is 2.11. The van der Waals surface area contributed by atoms with Gasteiger partial charge in [0, 0.05) is 0 Å². The molecule has 0 spiro atoms. The summed E-state index contributed by atoms with van der Waals surface area (Å²) in [6.07, 6.45) is 0. The molecule has 3 rings (SSSR count). The van der Waals surface area contributed by atoms with E-state index in [0.717, 1.165) is 4.88 Å². The van der Waals surface area contributed by atoms with Gasteiger partial charge in [-0.25, -0.2) is 18.2 Å². The molecule has 0 atom stereocenters. The quantitative estimate of drug-likeness (QED) is 0.742. The third-order valence-corrected chi connectivity index (χ3v) is 4.86. The number of aliphatic hydroxyl groups is 1. The van der Waals surface area contributed by atoms with E-state index in [0.29, 0.717) is 17.1 Å². The van der Waals surface area contributed by atoms with Crippen molar-refractivity contribution in [3.8, 4) is 16.3 Å². The summed E-state index contributed by atoms with van der Waals surface area (Å²) in [7, 11) is -3.74. The van der Waals surface area contributed by atoms with Crippen LogP contribution >= 0.6 is 11.3 Å². The summed E-state index contributed by atoms with van der Waals surface area (Å²) in [6, 6.07) is 9.78. The summed E-state index contributed by atoms with van der Waals surface area (Å²) >= 11 is 1.50. The molecule has 3 N–H and O–H groups in total. The Morgan fingerprint density at radius 3 is 2.50 bits per heavy atom. The van der Waals surface area contributed by atoms with E-state index in [1.165, 1.54) is 23.5 Å². The minimum absolute atomic E-state index is 0.0245. The highest BCUT2D eigenvalue weighted by Crippen LogP contribution is 2.29. The van der Waals surface area contributed by atoms with E-state index in [-0.39, 0.29) is 11.5 Å². The Morgan fingerprint density at radius 1 is 1.23 bits per heavy atom. The Bertz CT molecular complexity index is 884. The van der Waals surface area contributed by atoms with Crippen LogP contribution in [0.15, 0.2) is 46.7 Å². The van der Waals surface area contributed by atoms with E-state index in [9.17, 15) is 13.5 Å². The fourth-order valence-electron chi connectivity index (χ4n) is 2.04. The minimum atomic E-state index is -3.74. The Labute approximate surface area is 130 Å². The molecule has 0 aliphatic rings. The molecule has 1 aromatic carbocycles. The van der Waals surface area contributed by atoms with Crippen molar-refractivity contribution in [2.45, 2.75) is 11.5 Å². The van der Waals surface area contributed by atoms with E-state index < -0.39 is 10.0 Å². The summed E-state index contributed by atoms with van der Waals surface area (Å²) in [5.41, 5.74) is 1.77. The van der Waals surface area contributed by atoms with Gasteiger partial charge in [0.05, 0.1) is 22.1 Å². The van der Waals surface area contributed by atoms with E-state index in [4.69, 9.17) is 5.14 Å². The van der Waals surface area contributed by atoms with Crippen molar-refractivity contribution < 1.29 is 13.5 Å². The molecule has 114 valence electrons. The molecular formula is C13H12N4O3S2. The molecule has 7 nitrogen and oxygen atoms in total. The number of thiophene rings is 1. The molecule has 0 saturated carbocycles. The van der Waals surface area contributed by atoms with Gasteiger partial charge in [0.25, 0.3) is 0 Å². The molecule has 0 bridgehead atoms. The second kappa shape index (κ2) is 5.61. The van der Waals surface area contributed by atoms with Gasteiger partial charge in [0.1, 0.15) is 11.4 Å². The summed E-state index contributed by atoms with van der Waals surface area (Å²) in [6.45, 7) is -0.234. The highest BCUT2D eigenvalue weighted by Gasteiger charge is 2.17. The highest BCUT2D eigenvalue weighted by molar-refractivity contribution is 7.89. The number of benzene rings is 1. The first-order chi connectivity index (χ1) is 10.5. The first-order valence-electron chi connectivity index (χ1n) is 6.23. The van der Waals surface area contributed by atoms with Gasteiger partial charge in [-0.1, -0.05) is 11.3 Å². The van der Waals surface area contributed by atoms with Gasteiger partial charge < -0.3 is 5.11 Å². The fourth-order valence-corrected chi connectivity index (χ4v) is 3.33. The molecule has 0 amide bonds. The molecule has 0 fully saturated rings. The standard InChI is InChI=1S/C13H12N4O3S2/c14-22(19,20)10-5-3-9(4-6-10)17-13(11(8-18)15-16-17)12-2-1-7-21-12/h1-7,18H,8H2,(H2,14,19,20). The Morgan fingerprint density at radius 2 is 1.95 bits per heavy atom. The number of nitrogens with zero attached hydrogens (tertiary/aromatic N) is 3. The summed E-state index contributed by atoms with van der Waals surface area (Å²) in [4.78, 5) is 0.931. The molecular weight excluding hydrogens is 324 g/mol. The van der Waals surface area contributed by atoms with Crippen LogP contribution in [-0.2, 0) is 16.6 Å². The van der Waals surface area contributed by atoms with Crippen molar-refractivity contribution in [3.63, 3.8) is 0 Å². The topological polar surface area (TPSA) is 111 Å². The molecule has 2 heterocycles. The molecule has 0 aliphatic heterocycles. The lowest BCUT2D eigenvalue weighted by molar-refractivity contribution is 0.277. The van der Waals surface area contributed by atoms with Crippen LogP contribution in [0.1, 0.15) is 5.69 Å². The zero-order valence-corrected chi connectivity index (χ0v) is 12.9. The molecule has 0 radical (unpaired) electrons. The van der Waals surface area contributed by atoms with Crippen LogP contribution < -0.4 is 5.14 Å². The van der Waals surface area contributed by atoms with Gasteiger partial charge >= 0.3 is 0 Å². The van der Waals surface area contributed by atoms with Crippen molar-refractivity contribution in [1.29, 1.82) is 0 Å². The normalized spacial score (nSPS) is 11.7. The summed E-state index contributed by atoms with van der Waals surface area (Å²) in [5, 5.41) is 24.4. The zero-order valence-electron chi connectivity index (χ0n) is 11.2.